The Labute approximate surface area is 142 Å². The van der Waals surface area contributed by atoms with Gasteiger partial charge in [0.2, 0.25) is 5.82 Å². The van der Waals surface area contributed by atoms with Gasteiger partial charge in [-0.05, 0) is 13.0 Å². The average Bonchev–Trinajstić information content (AvgIpc) is 3.03. The van der Waals surface area contributed by atoms with Crippen molar-refractivity contribution in [2.24, 2.45) is 0 Å². The van der Waals surface area contributed by atoms with Crippen LogP contribution < -0.4 is 5.32 Å². The Morgan fingerprint density at radius 1 is 1.00 bits per heavy atom. The smallest absolute Gasteiger partial charge is 0.200 e. The number of aliphatic hydroxyl groups is 1. The van der Waals surface area contributed by atoms with E-state index in [1.165, 1.54) is 6.07 Å². The van der Waals surface area contributed by atoms with Crippen LogP contribution in [0.5, 0.6) is 0 Å². The van der Waals surface area contributed by atoms with Crippen molar-refractivity contribution in [1.29, 1.82) is 0 Å². The highest BCUT2D eigenvalue weighted by atomic mass is 19.2. The number of rotatable bonds is 4. The van der Waals surface area contributed by atoms with Crippen molar-refractivity contribution < 1.29 is 27.1 Å². The van der Waals surface area contributed by atoms with Crippen molar-refractivity contribution >= 4 is 11.6 Å². The number of anilines is 2. The van der Waals surface area contributed by atoms with Crippen LogP contribution in [0.1, 0.15) is 23.2 Å². The van der Waals surface area contributed by atoms with Crippen LogP contribution >= 0.6 is 0 Å². The van der Waals surface area contributed by atoms with Gasteiger partial charge in [-0.25, -0.2) is 31.9 Å². The number of aliphatic hydroxyl groups excluding tert-OH is 1. The lowest BCUT2D eigenvalue weighted by atomic mass is 10.1. The van der Waals surface area contributed by atoms with Gasteiger partial charge in [-0.15, -0.1) is 0 Å². The molecule has 0 amide bonds. The van der Waals surface area contributed by atoms with Crippen LogP contribution in [-0.2, 0) is 0 Å². The summed E-state index contributed by atoms with van der Waals surface area (Å²) in [6.07, 6.45) is -1.14. The monoisotopic (exact) mass is 371 g/mol. The second kappa shape index (κ2) is 6.67. The van der Waals surface area contributed by atoms with E-state index in [2.05, 4.69) is 25.5 Å². The largest absolute Gasteiger partial charge is 0.380 e. The maximum Gasteiger partial charge on any atom is 0.200 e. The first-order valence-electron chi connectivity index (χ1n) is 7.11. The molecule has 0 saturated carbocycles. The Bertz CT molecular complexity index is 948. The van der Waals surface area contributed by atoms with Crippen molar-refractivity contribution in [1.82, 2.24) is 20.2 Å². The lowest BCUT2D eigenvalue weighted by Gasteiger charge is -2.14. The van der Waals surface area contributed by atoms with Gasteiger partial charge in [-0.1, -0.05) is 0 Å². The van der Waals surface area contributed by atoms with Crippen molar-refractivity contribution in [3.05, 3.63) is 64.5 Å². The number of nitrogens with zero attached hydrogens (tertiary/aromatic N) is 3. The number of hydrogen-bond acceptors (Lipinski definition) is 5. The van der Waals surface area contributed by atoms with Gasteiger partial charge < -0.3 is 10.4 Å². The molecule has 1 unspecified atom stereocenters. The van der Waals surface area contributed by atoms with E-state index in [0.29, 0.717) is 5.82 Å². The molecule has 1 atom stereocenters. The summed E-state index contributed by atoms with van der Waals surface area (Å²) < 4.78 is 67.4. The number of hydrogen-bond donors (Lipinski definition) is 3. The van der Waals surface area contributed by atoms with Crippen LogP contribution in [0.2, 0.25) is 0 Å². The fourth-order valence-corrected chi connectivity index (χ4v) is 2.18. The Balaban J connectivity index is 1.99. The second-order valence-electron chi connectivity index (χ2n) is 5.25. The van der Waals surface area contributed by atoms with E-state index in [4.69, 9.17) is 0 Å². The number of aromatic nitrogens is 4. The molecule has 0 bridgehead atoms. The lowest BCUT2D eigenvalue weighted by Crippen LogP contribution is -2.14. The van der Waals surface area contributed by atoms with Crippen LogP contribution in [0.15, 0.2) is 18.3 Å². The maximum atomic E-state index is 13.8. The lowest BCUT2D eigenvalue weighted by molar-refractivity contribution is 0.193. The summed E-state index contributed by atoms with van der Waals surface area (Å²) in [6, 6.07) is 2.99. The quantitative estimate of drug-likeness (QED) is 0.373. The van der Waals surface area contributed by atoms with Gasteiger partial charge in [0.15, 0.2) is 34.9 Å². The third kappa shape index (κ3) is 3.08. The molecular weight excluding hydrogens is 361 g/mol. The van der Waals surface area contributed by atoms with E-state index >= 15 is 0 Å². The van der Waals surface area contributed by atoms with E-state index in [9.17, 15) is 27.1 Å². The molecule has 3 N–H and O–H groups in total. The van der Waals surface area contributed by atoms with Crippen LogP contribution in [0.3, 0.4) is 0 Å². The average molecular weight is 371 g/mol. The fraction of sp³-hybridized carbons (Fsp3) is 0.133. The maximum absolute atomic E-state index is 13.8. The molecule has 6 nitrogen and oxygen atoms in total. The molecule has 0 fully saturated rings. The third-order valence-corrected chi connectivity index (χ3v) is 3.40. The Morgan fingerprint density at radius 2 is 1.62 bits per heavy atom. The molecule has 0 saturated heterocycles. The summed E-state index contributed by atoms with van der Waals surface area (Å²) in [6.45, 7) is 1.75. The summed E-state index contributed by atoms with van der Waals surface area (Å²) >= 11 is 0. The van der Waals surface area contributed by atoms with Gasteiger partial charge in [0.1, 0.15) is 11.9 Å². The Kier molecular flexibility index (Phi) is 4.55. The summed E-state index contributed by atoms with van der Waals surface area (Å²) in [7, 11) is 0. The molecule has 3 rings (SSSR count). The van der Waals surface area contributed by atoms with Gasteiger partial charge in [0, 0.05) is 18.0 Å². The number of aryl methyl sites for hydroxylation is 1. The van der Waals surface area contributed by atoms with Gasteiger partial charge in [0.25, 0.3) is 0 Å². The first-order chi connectivity index (χ1) is 12.3. The Hall–Kier alpha value is -3.08. The molecule has 0 radical (unpaired) electrons. The van der Waals surface area contributed by atoms with E-state index in [0.717, 1.165) is 11.9 Å². The SMILES string of the molecule is Cc1cc(Nc2ccnc(C(O)c3c(F)c(F)c(F)c(F)c3F)n2)n[nH]1. The number of nitrogens with one attached hydrogen (secondary N) is 2. The molecular formula is C15H10F5N5O. The molecule has 0 aliphatic carbocycles. The number of H-pyrrole nitrogens is 1. The van der Waals surface area contributed by atoms with Crippen molar-refractivity contribution in [2.45, 2.75) is 13.0 Å². The fourth-order valence-electron chi connectivity index (χ4n) is 2.18. The van der Waals surface area contributed by atoms with E-state index in [1.807, 2.05) is 0 Å². The van der Waals surface area contributed by atoms with E-state index < -0.39 is 46.6 Å². The molecule has 0 aliphatic heterocycles. The van der Waals surface area contributed by atoms with E-state index in [1.54, 1.807) is 13.0 Å². The molecule has 0 spiro atoms. The highest BCUT2D eigenvalue weighted by Crippen LogP contribution is 2.30. The summed E-state index contributed by atoms with van der Waals surface area (Å²) in [5, 5.41) is 19.4. The first kappa shape index (κ1) is 17.7. The zero-order valence-electron chi connectivity index (χ0n) is 13.0. The highest BCUT2D eigenvalue weighted by Gasteiger charge is 2.31. The molecule has 0 aliphatic rings. The number of halogens is 5. The normalized spacial score (nSPS) is 12.3. The zero-order chi connectivity index (χ0) is 19.0. The molecule has 11 heteroatoms. The van der Waals surface area contributed by atoms with Gasteiger partial charge >= 0.3 is 0 Å². The zero-order valence-corrected chi connectivity index (χ0v) is 13.0. The second-order valence-corrected chi connectivity index (χ2v) is 5.25. The van der Waals surface area contributed by atoms with Crippen LogP contribution in [0, 0.1) is 36.0 Å². The number of benzene rings is 1. The molecule has 2 heterocycles. The molecule has 1 aromatic carbocycles. The molecule has 136 valence electrons. The third-order valence-electron chi connectivity index (χ3n) is 3.40. The summed E-state index contributed by atoms with van der Waals surface area (Å²) in [4.78, 5) is 7.44. The van der Waals surface area contributed by atoms with Crippen LogP contribution in [0.25, 0.3) is 0 Å². The predicted molar refractivity (Wildman–Crippen MR) is 78.9 cm³/mol. The topological polar surface area (TPSA) is 86.7 Å². The molecule has 26 heavy (non-hydrogen) atoms. The van der Waals surface area contributed by atoms with Crippen LogP contribution in [-0.4, -0.2) is 25.3 Å². The van der Waals surface area contributed by atoms with Crippen LogP contribution in [0.4, 0.5) is 33.6 Å². The van der Waals surface area contributed by atoms with Crippen molar-refractivity contribution in [2.75, 3.05) is 5.32 Å². The highest BCUT2D eigenvalue weighted by molar-refractivity contribution is 5.51. The van der Waals surface area contributed by atoms with Crippen molar-refractivity contribution in [3.63, 3.8) is 0 Å². The molecule has 2 aromatic heterocycles. The summed E-state index contributed by atoms with van der Waals surface area (Å²) in [5.41, 5.74) is -0.697. The minimum absolute atomic E-state index is 0.0874. The predicted octanol–water partition coefficient (Wildman–Crippen LogP) is 3.03. The van der Waals surface area contributed by atoms with Crippen molar-refractivity contribution in [3.8, 4) is 0 Å². The minimum atomic E-state index is -2.32. The standard InChI is InChI=1S/C15H10F5N5O/c1-5-4-7(25-24-5)22-6-2-3-21-15(23-6)14(26)8-9(16)11(18)13(20)12(19)10(8)17/h2-4,14,26H,1H3,(H2,21,22,23,24,25). The Morgan fingerprint density at radius 3 is 2.19 bits per heavy atom. The van der Waals surface area contributed by atoms with Gasteiger partial charge in [-0.3, -0.25) is 5.10 Å². The summed E-state index contributed by atoms with van der Waals surface area (Å²) in [5.74, 6) is -11.1. The minimum Gasteiger partial charge on any atom is -0.380 e. The van der Waals surface area contributed by atoms with E-state index in [-0.39, 0.29) is 5.82 Å². The first-order valence-corrected chi connectivity index (χ1v) is 7.11. The van der Waals surface area contributed by atoms with Gasteiger partial charge in [-0.2, -0.15) is 5.10 Å². The molecule has 3 aromatic rings. The van der Waals surface area contributed by atoms with Gasteiger partial charge in [0.05, 0.1) is 5.56 Å². The number of aromatic amines is 1.